The van der Waals surface area contributed by atoms with Crippen LogP contribution in [0.15, 0.2) is 18.2 Å². The first-order chi connectivity index (χ1) is 7.95. The van der Waals surface area contributed by atoms with Crippen LogP contribution < -0.4 is 21.7 Å². The van der Waals surface area contributed by atoms with Crippen molar-refractivity contribution in [1.29, 1.82) is 0 Å². The Morgan fingerprint density at radius 1 is 1.41 bits per heavy atom. The first-order valence-corrected chi connectivity index (χ1v) is 5.06. The molecule has 0 fully saturated rings. The topological polar surface area (TPSA) is 101 Å². The molecular weight excluding hydrogens is 220 g/mol. The van der Waals surface area contributed by atoms with Crippen LogP contribution in [0.5, 0.6) is 0 Å². The van der Waals surface area contributed by atoms with Crippen LogP contribution in [-0.2, 0) is 4.79 Å². The van der Waals surface area contributed by atoms with Gasteiger partial charge in [0.05, 0.1) is 12.1 Å². The van der Waals surface area contributed by atoms with Crippen LogP contribution in [0.3, 0.4) is 0 Å². The minimum Gasteiger partial charge on any atom is -0.398 e. The molecule has 1 aromatic carbocycles. The van der Waals surface area contributed by atoms with Gasteiger partial charge in [-0.25, -0.2) is 0 Å². The lowest BCUT2D eigenvalue weighted by molar-refractivity contribution is -0.119. The van der Waals surface area contributed by atoms with Gasteiger partial charge < -0.3 is 21.7 Å². The fourth-order valence-corrected chi connectivity index (χ4v) is 1.38. The number of nitrogen functional groups attached to an aromatic ring is 1. The Bertz CT molecular complexity index is 445. The zero-order valence-electron chi connectivity index (χ0n) is 9.86. The van der Waals surface area contributed by atoms with E-state index in [9.17, 15) is 9.59 Å². The maximum atomic E-state index is 11.2. The number of hydrogen-bond donors (Lipinski definition) is 3. The van der Waals surface area contributed by atoms with E-state index in [1.54, 1.807) is 37.2 Å². The van der Waals surface area contributed by atoms with Crippen molar-refractivity contribution in [2.24, 2.45) is 5.73 Å². The third-order valence-corrected chi connectivity index (χ3v) is 2.40. The molecule has 92 valence electrons. The van der Waals surface area contributed by atoms with Crippen molar-refractivity contribution in [3.8, 4) is 0 Å². The normalized spacial score (nSPS) is 9.76. The second-order valence-corrected chi connectivity index (χ2v) is 3.67. The molecule has 0 bridgehead atoms. The smallest absolute Gasteiger partial charge is 0.250 e. The average molecular weight is 236 g/mol. The number of hydrogen-bond acceptors (Lipinski definition) is 4. The van der Waals surface area contributed by atoms with Crippen LogP contribution in [-0.4, -0.2) is 32.5 Å². The van der Waals surface area contributed by atoms with Crippen molar-refractivity contribution in [2.75, 3.05) is 31.3 Å². The average Bonchev–Trinajstić information content (AvgIpc) is 2.28. The molecule has 2 amide bonds. The third kappa shape index (κ3) is 3.10. The SMILES string of the molecule is CNC(=O)CN(C)c1ccc(N)c(C(N)=O)c1. The number of likely N-dealkylation sites (N-methyl/N-ethyl adjacent to an activating group) is 2. The summed E-state index contributed by atoms with van der Waals surface area (Å²) in [7, 11) is 3.31. The molecule has 1 rings (SSSR count). The van der Waals surface area contributed by atoms with Crippen LogP contribution in [0.25, 0.3) is 0 Å². The summed E-state index contributed by atoms with van der Waals surface area (Å²) in [6, 6.07) is 4.89. The molecule has 17 heavy (non-hydrogen) atoms. The molecule has 0 radical (unpaired) electrons. The van der Waals surface area contributed by atoms with Crippen LogP contribution in [0, 0.1) is 0 Å². The highest BCUT2D eigenvalue weighted by Gasteiger charge is 2.10. The van der Waals surface area contributed by atoms with Gasteiger partial charge in [0, 0.05) is 25.5 Å². The Kier molecular flexibility index (Phi) is 3.92. The number of benzene rings is 1. The lowest BCUT2D eigenvalue weighted by Gasteiger charge is -2.19. The zero-order valence-corrected chi connectivity index (χ0v) is 9.86. The van der Waals surface area contributed by atoms with Gasteiger partial charge in [0.25, 0.3) is 5.91 Å². The molecular formula is C11H16N4O2. The maximum Gasteiger partial charge on any atom is 0.250 e. The minimum atomic E-state index is -0.585. The summed E-state index contributed by atoms with van der Waals surface area (Å²) in [5.41, 5.74) is 12.1. The molecule has 0 atom stereocenters. The highest BCUT2D eigenvalue weighted by molar-refractivity contribution is 5.99. The van der Waals surface area contributed by atoms with E-state index in [4.69, 9.17) is 11.5 Å². The molecule has 5 N–H and O–H groups in total. The highest BCUT2D eigenvalue weighted by atomic mass is 16.2. The van der Waals surface area contributed by atoms with E-state index in [0.717, 1.165) is 0 Å². The van der Waals surface area contributed by atoms with E-state index < -0.39 is 5.91 Å². The van der Waals surface area contributed by atoms with Crippen molar-refractivity contribution < 1.29 is 9.59 Å². The number of nitrogens with zero attached hydrogens (tertiary/aromatic N) is 1. The van der Waals surface area contributed by atoms with Crippen molar-refractivity contribution >= 4 is 23.2 Å². The van der Waals surface area contributed by atoms with Gasteiger partial charge >= 0.3 is 0 Å². The molecule has 0 spiro atoms. The summed E-state index contributed by atoms with van der Waals surface area (Å²) < 4.78 is 0. The molecule has 0 saturated carbocycles. The number of carbonyl (C=O) groups is 2. The van der Waals surface area contributed by atoms with Gasteiger partial charge in [0.2, 0.25) is 5.91 Å². The molecule has 0 aliphatic carbocycles. The summed E-state index contributed by atoms with van der Waals surface area (Å²) in [5, 5.41) is 2.52. The van der Waals surface area contributed by atoms with E-state index in [-0.39, 0.29) is 18.0 Å². The number of rotatable bonds is 4. The summed E-state index contributed by atoms with van der Waals surface area (Å²) in [4.78, 5) is 24.0. The number of anilines is 2. The number of nitrogens with two attached hydrogens (primary N) is 2. The quantitative estimate of drug-likeness (QED) is 0.616. The van der Waals surface area contributed by atoms with Crippen LogP contribution in [0.1, 0.15) is 10.4 Å². The minimum absolute atomic E-state index is 0.120. The van der Waals surface area contributed by atoms with Crippen molar-refractivity contribution in [1.82, 2.24) is 5.32 Å². The number of nitrogens with one attached hydrogen (secondary N) is 1. The van der Waals surface area contributed by atoms with Gasteiger partial charge in [0.1, 0.15) is 0 Å². The summed E-state index contributed by atoms with van der Waals surface area (Å²) in [5.74, 6) is -0.706. The molecule has 0 aliphatic rings. The van der Waals surface area contributed by atoms with E-state index in [2.05, 4.69) is 5.32 Å². The van der Waals surface area contributed by atoms with Gasteiger partial charge in [-0.3, -0.25) is 9.59 Å². The fraction of sp³-hybridized carbons (Fsp3) is 0.273. The van der Waals surface area contributed by atoms with Crippen LogP contribution in [0.4, 0.5) is 11.4 Å². The molecule has 0 aliphatic heterocycles. The predicted molar refractivity (Wildman–Crippen MR) is 66.7 cm³/mol. The molecule has 0 heterocycles. The molecule has 0 aromatic heterocycles. The van der Waals surface area contributed by atoms with E-state index in [0.29, 0.717) is 11.4 Å². The first-order valence-electron chi connectivity index (χ1n) is 5.06. The second-order valence-electron chi connectivity index (χ2n) is 3.67. The van der Waals surface area contributed by atoms with Gasteiger partial charge in [-0.15, -0.1) is 0 Å². The Balaban J connectivity index is 2.95. The number of amides is 2. The number of carbonyl (C=O) groups excluding carboxylic acids is 2. The summed E-state index contributed by atoms with van der Waals surface area (Å²) in [6.07, 6.45) is 0. The standard InChI is InChI=1S/C11H16N4O2/c1-14-10(16)6-15(2)7-3-4-9(12)8(5-7)11(13)17/h3-5H,6,12H2,1-2H3,(H2,13,17)(H,14,16). The van der Waals surface area contributed by atoms with Crippen LogP contribution in [0.2, 0.25) is 0 Å². The Morgan fingerprint density at radius 2 is 2.06 bits per heavy atom. The molecule has 0 saturated heterocycles. The largest absolute Gasteiger partial charge is 0.398 e. The molecule has 1 aromatic rings. The summed E-state index contributed by atoms with van der Waals surface area (Å²) in [6.45, 7) is 0.193. The summed E-state index contributed by atoms with van der Waals surface area (Å²) >= 11 is 0. The second kappa shape index (κ2) is 5.20. The monoisotopic (exact) mass is 236 g/mol. The fourth-order valence-electron chi connectivity index (χ4n) is 1.38. The zero-order chi connectivity index (χ0) is 13.0. The highest BCUT2D eigenvalue weighted by Crippen LogP contribution is 2.19. The van der Waals surface area contributed by atoms with Crippen LogP contribution >= 0.6 is 0 Å². The van der Waals surface area contributed by atoms with Gasteiger partial charge in [0.15, 0.2) is 0 Å². The molecule has 0 unspecified atom stereocenters. The van der Waals surface area contributed by atoms with E-state index in [1.807, 2.05) is 0 Å². The lowest BCUT2D eigenvalue weighted by atomic mass is 10.1. The molecule has 6 heteroatoms. The maximum absolute atomic E-state index is 11.2. The van der Waals surface area contributed by atoms with Crippen molar-refractivity contribution in [2.45, 2.75) is 0 Å². The van der Waals surface area contributed by atoms with Gasteiger partial charge in [-0.2, -0.15) is 0 Å². The van der Waals surface area contributed by atoms with Gasteiger partial charge in [-0.05, 0) is 18.2 Å². The van der Waals surface area contributed by atoms with Gasteiger partial charge in [-0.1, -0.05) is 0 Å². The predicted octanol–water partition coefficient (Wildman–Crippen LogP) is -0.450. The Morgan fingerprint density at radius 3 is 2.59 bits per heavy atom. The third-order valence-electron chi connectivity index (χ3n) is 2.40. The van der Waals surface area contributed by atoms with E-state index >= 15 is 0 Å². The Labute approximate surface area is 99.6 Å². The number of primary amides is 1. The van der Waals surface area contributed by atoms with E-state index in [1.165, 1.54) is 0 Å². The lowest BCUT2D eigenvalue weighted by Crippen LogP contribution is -2.33. The first kappa shape index (κ1) is 12.8. The Hall–Kier alpha value is -2.24. The van der Waals surface area contributed by atoms with Crippen molar-refractivity contribution in [3.05, 3.63) is 23.8 Å². The van der Waals surface area contributed by atoms with Crippen molar-refractivity contribution in [3.63, 3.8) is 0 Å². The molecule has 6 nitrogen and oxygen atoms in total.